The number of rotatable bonds is 9. The summed E-state index contributed by atoms with van der Waals surface area (Å²) in [6.07, 6.45) is 3.05. The topological polar surface area (TPSA) is 55.8 Å². The Labute approximate surface area is 147 Å². The minimum absolute atomic E-state index is 0.0137. The van der Waals surface area contributed by atoms with Gasteiger partial charge in [-0.25, -0.2) is 4.79 Å². The number of hydrogen-bond acceptors (Lipinski definition) is 5. The van der Waals surface area contributed by atoms with Crippen molar-refractivity contribution in [2.45, 2.75) is 31.6 Å². The zero-order valence-corrected chi connectivity index (χ0v) is 15.1. The molecule has 1 aromatic rings. The van der Waals surface area contributed by atoms with E-state index >= 15 is 0 Å². The van der Waals surface area contributed by atoms with Crippen LogP contribution < -0.4 is 0 Å². The van der Waals surface area contributed by atoms with E-state index in [1.165, 1.54) is 7.11 Å². The predicted molar refractivity (Wildman–Crippen MR) is 95.0 cm³/mol. The highest BCUT2D eigenvalue weighted by atomic mass is 32.2. The molecule has 0 N–H and O–H groups in total. The van der Waals surface area contributed by atoms with E-state index in [-0.39, 0.29) is 17.3 Å². The fraction of sp³-hybridized carbons (Fsp3) is 0.556. The van der Waals surface area contributed by atoms with E-state index in [4.69, 9.17) is 9.47 Å². The first-order valence-corrected chi connectivity index (χ1v) is 9.39. The third-order valence-corrected chi connectivity index (χ3v) is 5.17. The lowest BCUT2D eigenvalue weighted by atomic mass is 10.1. The molecule has 132 valence electrons. The van der Waals surface area contributed by atoms with Crippen molar-refractivity contribution >= 4 is 23.6 Å². The molecule has 1 heterocycles. The van der Waals surface area contributed by atoms with Crippen molar-refractivity contribution in [1.82, 2.24) is 4.90 Å². The quantitative estimate of drug-likeness (QED) is 0.505. The summed E-state index contributed by atoms with van der Waals surface area (Å²) < 4.78 is 10.3. The molecule has 0 aromatic heterocycles. The summed E-state index contributed by atoms with van der Waals surface area (Å²) in [6.45, 7) is 4.31. The zero-order valence-electron chi connectivity index (χ0n) is 14.3. The Morgan fingerprint density at radius 3 is 2.62 bits per heavy atom. The number of amides is 1. The highest BCUT2D eigenvalue weighted by Gasteiger charge is 2.32. The van der Waals surface area contributed by atoms with Gasteiger partial charge in [-0.1, -0.05) is 25.5 Å². The van der Waals surface area contributed by atoms with Crippen molar-refractivity contribution in [3.05, 3.63) is 35.4 Å². The van der Waals surface area contributed by atoms with Crippen LogP contribution in [0.25, 0.3) is 0 Å². The molecule has 24 heavy (non-hydrogen) atoms. The predicted octanol–water partition coefficient (Wildman–Crippen LogP) is 3.25. The summed E-state index contributed by atoms with van der Waals surface area (Å²) in [5.74, 6) is 0.313. The molecule has 1 aliphatic heterocycles. The Kier molecular flexibility index (Phi) is 7.59. The first-order valence-electron chi connectivity index (χ1n) is 8.34. The fourth-order valence-corrected chi connectivity index (χ4v) is 3.78. The van der Waals surface area contributed by atoms with Gasteiger partial charge in [-0.05, 0) is 30.5 Å². The van der Waals surface area contributed by atoms with Crippen LogP contribution in [0.1, 0.15) is 47.5 Å². The summed E-state index contributed by atoms with van der Waals surface area (Å²) in [6, 6.07) is 7.29. The lowest BCUT2D eigenvalue weighted by Crippen LogP contribution is -2.30. The Hall–Kier alpha value is -1.53. The van der Waals surface area contributed by atoms with Gasteiger partial charge in [0.2, 0.25) is 5.91 Å². The Bertz CT molecular complexity index is 546. The maximum atomic E-state index is 12.1. The van der Waals surface area contributed by atoms with E-state index < -0.39 is 0 Å². The van der Waals surface area contributed by atoms with Crippen molar-refractivity contribution in [3.63, 3.8) is 0 Å². The van der Waals surface area contributed by atoms with Crippen LogP contribution in [-0.4, -0.2) is 49.4 Å². The first kappa shape index (κ1) is 18.8. The van der Waals surface area contributed by atoms with E-state index in [1.807, 2.05) is 17.0 Å². The number of unbranched alkanes of at least 4 members (excludes halogenated alkanes) is 1. The number of nitrogens with zero attached hydrogens (tertiary/aromatic N) is 1. The molecule has 1 amide bonds. The van der Waals surface area contributed by atoms with Crippen molar-refractivity contribution in [3.8, 4) is 0 Å². The highest BCUT2D eigenvalue weighted by molar-refractivity contribution is 8.00. The molecule has 1 saturated heterocycles. The smallest absolute Gasteiger partial charge is 0.337 e. The Morgan fingerprint density at radius 2 is 1.96 bits per heavy atom. The first-order chi connectivity index (χ1) is 11.7. The highest BCUT2D eigenvalue weighted by Crippen LogP contribution is 2.38. The van der Waals surface area contributed by atoms with Crippen LogP contribution >= 0.6 is 11.8 Å². The van der Waals surface area contributed by atoms with Crippen molar-refractivity contribution in [2.24, 2.45) is 0 Å². The van der Waals surface area contributed by atoms with Gasteiger partial charge in [-0.15, -0.1) is 11.8 Å². The third kappa shape index (κ3) is 4.98. The van der Waals surface area contributed by atoms with Crippen molar-refractivity contribution < 1.29 is 19.1 Å². The molecule has 1 aromatic carbocycles. The average molecular weight is 351 g/mol. The summed E-state index contributed by atoms with van der Waals surface area (Å²) in [7, 11) is 1.37. The number of thioether (sulfide) groups is 1. The van der Waals surface area contributed by atoms with Crippen LogP contribution in [0.3, 0.4) is 0 Å². The van der Waals surface area contributed by atoms with Crippen LogP contribution in [0.5, 0.6) is 0 Å². The van der Waals surface area contributed by atoms with Gasteiger partial charge in [0.25, 0.3) is 0 Å². The second-order valence-electron chi connectivity index (χ2n) is 5.68. The number of esters is 1. The molecular formula is C18H25NO4S. The van der Waals surface area contributed by atoms with Gasteiger partial charge >= 0.3 is 5.97 Å². The molecule has 6 heteroatoms. The van der Waals surface area contributed by atoms with Crippen LogP contribution in [0.4, 0.5) is 0 Å². The maximum absolute atomic E-state index is 12.1. The molecule has 0 saturated carbocycles. The average Bonchev–Trinajstić information content (AvgIpc) is 2.98. The van der Waals surface area contributed by atoms with Gasteiger partial charge in [-0.2, -0.15) is 0 Å². The maximum Gasteiger partial charge on any atom is 0.337 e. The lowest BCUT2D eigenvalue weighted by Gasteiger charge is -2.24. The van der Waals surface area contributed by atoms with Gasteiger partial charge in [-0.3, -0.25) is 4.79 Å². The van der Waals surface area contributed by atoms with Gasteiger partial charge in [0.05, 0.1) is 18.4 Å². The number of methoxy groups -OCH3 is 1. The van der Waals surface area contributed by atoms with E-state index in [9.17, 15) is 9.59 Å². The number of benzene rings is 1. The van der Waals surface area contributed by atoms with Gasteiger partial charge in [0.15, 0.2) is 0 Å². The fourth-order valence-electron chi connectivity index (χ4n) is 2.56. The van der Waals surface area contributed by atoms with Crippen molar-refractivity contribution in [1.29, 1.82) is 0 Å². The second-order valence-corrected chi connectivity index (χ2v) is 6.75. The van der Waals surface area contributed by atoms with Crippen LogP contribution in [-0.2, 0) is 14.3 Å². The van der Waals surface area contributed by atoms with Crippen molar-refractivity contribution in [2.75, 3.05) is 32.6 Å². The molecule has 5 nitrogen and oxygen atoms in total. The SMILES string of the molecule is CCCCOCCCN1C(=O)CSC1c1ccc(C(=O)OC)cc1. The number of carbonyl (C=O) groups excluding carboxylic acids is 2. The molecule has 0 radical (unpaired) electrons. The monoisotopic (exact) mass is 351 g/mol. The third-order valence-electron chi connectivity index (χ3n) is 3.91. The molecule has 0 bridgehead atoms. The zero-order chi connectivity index (χ0) is 17.4. The molecular weight excluding hydrogens is 326 g/mol. The van der Waals surface area contributed by atoms with Crippen LogP contribution in [0, 0.1) is 0 Å². The standard InChI is InChI=1S/C18H25NO4S/c1-3-4-11-23-12-5-10-19-16(20)13-24-17(19)14-6-8-15(9-7-14)18(21)22-2/h6-9,17H,3-5,10-13H2,1-2H3. The van der Waals surface area contributed by atoms with E-state index in [0.717, 1.165) is 31.4 Å². The lowest BCUT2D eigenvalue weighted by molar-refractivity contribution is -0.128. The second kappa shape index (κ2) is 9.69. The van der Waals surface area contributed by atoms with Gasteiger partial charge < -0.3 is 14.4 Å². The summed E-state index contributed by atoms with van der Waals surface area (Å²) >= 11 is 1.62. The number of carbonyl (C=O) groups is 2. The Balaban J connectivity index is 1.90. The molecule has 1 unspecified atom stereocenters. The molecule has 1 atom stereocenters. The van der Waals surface area contributed by atoms with Crippen LogP contribution in [0.15, 0.2) is 24.3 Å². The summed E-state index contributed by atoms with van der Waals surface area (Å²) in [4.78, 5) is 25.5. The Morgan fingerprint density at radius 1 is 1.25 bits per heavy atom. The van der Waals surface area contributed by atoms with Gasteiger partial charge in [0.1, 0.15) is 5.37 Å². The largest absolute Gasteiger partial charge is 0.465 e. The van der Waals surface area contributed by atoms with Crippen LogP contribution in [0.2, 0.25) is 0 Å². The van der Waals surface area contributed by atoms with E-state index in [2.05, 4.69) is 6.92 Å². The molecule has 2 rings (SSSR count). The molecule has 0 spiro atoms. The normalized spacial score (nSPS) is 17.3. The van der Waals surface area contributed by atoms with E-state index in [1.54, 1.807) is 23.9 Å². The van der Waals surface area contributed by atoms with E-state index in [0.29, 0.717) is 24.5 Å². The molecule has 1 fully saturated rings. The number of hydrogen-bond donors (Lipinski definition) is 0. The minimum atomic E-state index is -0.349. The molecule has 0 aliphatic carbocycles. The summed E-state index contributed by atoms with van der Waals surface area (Å²) in [5, 5.41) is 0.0137. The number of ether oxygens (including phenoxy) is 2. The van der Waals surface area contributed by atoms with Gasteiger partial charge in [0, 0.05) is 19.8 Å². The molecule has 1 aliphatic rings. The minimum Gasteiger partial charge on any atom is -0.465 e. The summed E-state index contributed by atoms with van der Waals surface area (Å²) in [5.41, 5.74) is 1.55.